The largest absolute Gasteiger partial charge is 0.378 e. The second-order valence-corrected chi connectivity index (χ2v) is 4.19. The van der Waals surface area contributed by atoms with Gasteiger partial charge in [0.15, 0.2) is 0 Å². The maximum atomic E-state index is 3.95. The van der Waals surface area contributed by atoms with Crippen molar-refractivity contribution in [2.24, 2.45) is 0 Å². The Morgan fingerprint density at radius 2 is 2.21 bits per heavy atom. The number of aromatic nitrogens is 2. The molecule has 2 rings (SSSR count). The summed E-state index contributed by atoms with van der Waals surface area (Å²) >= 11 is 4.83. The highest BCUT2D eigenvalue weighted by Crippen LogP contribution is 2.21. The molecule has 0 aliphatic heterocycles. The van der Waals surface area contributed by atoms with Gasteiger partial charge in [-0.2, -0.15) is 0 Å². The van der Waals surface area contributed by atoms with Gasteiger partial charge in [0, 0.05) is 15.5 Å². The first kappa shape index (κ1) is 9.61. The third-order valence-corrected chi connectivity index (χ3v) is 2.98. The number of halogens is 1. The van der Waals surface area contributed by atoms with Crippen LogP contribution in [-0.2, 0) is 6.54 Å². The van der Waals surface area contributed by atoms with Gasteiger partial charge in [-0.05, 0) is 39.6 Å². The van der Waals surface area contributed by atoms with E-state index in [1.165, 1.54) is 11.5 Å². The quantitative estimate of drug-likeness (QED) is 0.931. The molecule has 1 aromatic heterocycles. The fraction of sp³-hybridized carbons (Fsp3) is 0.111. The smallest absolute Gasteiger partial charge is 0.0946 e. The van der Waals surface area contributed by atoms with Gasteiger partial charge in [0.2, 0.25) is 0 Å². The van der Waals surface area contributed by atoms with E-state index in [0.717, 1.165) is 15.9 Å². The Balaban J connectivity index is 2.02. The van der Waals surface area contributed by atoms with Crippen LogP contribution < -0.4 is 5.32 Å². The van der Waals surface area contributed by atoms with Gasteiger partial charge >= 0.3 is 0 Å². The third kappa shape index (κ3) is 2.30. The highest BCUT2D eigenvalue weighted by molar-refractivity contribution is 9.10. The lowest BCUT2D eigenvalue weighted by Gasteiger charge is -2.05. The Hall–Kier alpha value is -0.940. The summed E-state index contributed by atoms with van der Waals surface area (Å²) in [6.07, 6.45) is 0. The molecule has 3 nitrogen and oxygen atoms in total. The fourth-order valence-electron chi connectivity index (χ4n) is 1.05. The molecule has 0 spiro atoms. The monoisotopic (exact) mass is 269 g/mol. The molecular weight excluding hydrogens is 262 g/mol. The molecule has 0 saturated carbocycles. The van der Waals surface area contributed by atoms with Gasteiger partial charge in [-0.1, -0.05) is 16.6 Å². The van der Waals surface area contributed by atoms with Crippen LogP contribution in [0.25, 0.3) is 0 Å². The summed E-state index contributed by atoms with van der Waals surface area (Å²) in [4.78, 5) is 0. The Kier molecular flexibility index (Phi) is 3.10. The number of nitrogens with zero attached hydrogens (tertiary/aromatic N) is 2. The van der Waals surface area contributed by atoms with E-state index in [0.29, 0.717) is 6.54 Å². The number of para-hydroxylation sites is 1. The minimum atomic E-state index is 0.707. The standard InChI is InChI=1S/C9H8BrN3S/c10-8-3-1-2-4-9(8)11-5-7-6-14-13-12-7/h1-4,6,11H,5H2. The van der Waals surface area contributed by atoms with Crippen LogP contribution in [0.2, 0.25) is 0 Å². The first-order valence-corrected chi connectivity index (χ1v) is 5.73. The number of nitrogens with one attached hydrogen (secondary N) is 1. The number of hydrogen-bond donors (Lipinski definition) is 1. The minimum Gasteiger partial charge on any atom is -0.378 e. The zero-order valence-corrected chi connectivity index (χ0v) is 9.68. The van der Waals surface area contributed by atoms with Crippen molar-refractivity contribution in [3.63, 3.8) is 0 Å². The summed E-state index contributed by atoms with van der Waals surface area (Å²) in [6, 6.07) is 8.00. The molecule has 0 atom stereocenters. The van der Waals surface area contributed by atoms with E-state index in [1.54, 1.807) is 0 Å². The van der Waals surface area contributed by atoms with E-state index in [-0.39, 0.29) is 0 Å². The van der Waals surface area contributed by atoms with Gasteiger partial charge in [0.25, 0.3) is 0 Å². The van der Waals surface area contributed by atoms with Crippen LogP contribution in [0, 0.1) is 0 Å². The predicted molar refractivity (Wildman–Crippen MR) is 61.4 cm³/mol. The molecule has 1 aromatic carbocycles. The van der Waals surface area contributed by atoms with Gasteiger partial charge in [-0.3, -0.25) is 0 Å². The normalized spacial score (nSPS) is 10.1. The van der Waals surface area contributed by atoms with Crippen molar-refractivity contribution in [3.05, 3.63) is 39.8 Å². The maximum absolute atomic E-state index is 3.95. The molecule has 0 radical (unpaired) electrons. The van der Waals surface area contributed by atoms with Crippen molar-refractivity contribution in [2.75, 3.05) is 5.32 Å². The molecule has 14 heavy (non-hydrogen) atoms. The van der Waals surface area contributed by atoms with Crippen molar-refractivity contribution < 1.29 is 0 Å². The van der Waals surface area contributed by atoms with E-state index in [4.69, 9.17) is 0 Å². The predicted octanol–water partition coefficient (Wildman–Crippen LogP) is 2.91. The second-order valence-electron chi connectivity index (χ2n) is 2.73. The summed E-state index contributed by atoms with van der Waals surface area (Å²) in [5.41, 5.74) is 2.03. The summed E-state index contributed by atoms with van der Waals surface area (Å²) in [5.74, 6) is 0. The summed E-state index contributed by atoms with van der Waals surface area (Å²) in [7, 11) is 0. The lowest BCUT2D eigenvalue weighted by molar-refractivity contribution is 0.998. The average molecular weight is 270 g/mol. The summed E-state index contributed by atoms with van der Waals surface area (Å²) in [5, 5.41) is 9.16. The SMILES string of the molecule is Brc1ccccc1NCc1csnn1. The molecule has 0 saturated heterocycles. The topological polar surface area (TPSA) is 37.8 Å². The highest BCUT2D eigenvalue weighted by atomic mass is 79.9. The van der Waals surface area contributed by atoms with E-state index >= 15 is 0 Å². The molecule has 1 N–H and O–H groups in total. The van der Waals surface area contributed by atoms with E-state index in [2.05, 4.69) is 30.8 Å². The van der Waals surface area contributed by atoms with E-state index in [1.807, 2.05) is 29.6 Å². The number of benzene rings is 1. The second kappa shape index (κ2) is 4.52. The molecule has 0 amide bonds. The lowest BCUT2D eigenvalue weighted by atomic mass is 10.3. The Bertz CT molecular complexity index is 402. The highest BCUT2D eigenvalue weighted by Gasteiger charge is 1.99. The van der Waals surface area contributed by atoms with Crippen molar-refractivity contribution >= 4 is 33.1 Å². The van der Waals surface area contributed by atoms with Crippen LogP contribution in [0.4, 0.5) is 5.69 Å². The number of hydrogen-bond acceptors (Lipinski definition) is 4. The minimum absolute atomic E-state index is 0.707. The van der Waals surface area contributed by atoms with Gasteiger partial charge in [0.1, 0.15) is 0 Å². The van der Waals surface area contributed by atoms with Gasteiger partial charge in [0.05, 0.1) is 12.2 Å². The van der Waals surface area contributed by atoms with Crippen molar-refractivity contribution in [3.8, 4) is 0 Å². The van der Waals surface area contributed by atoms with Gasteiger partial charge < -0.3 is 5.32 Å². The first-order valence-electron chi connectivity index (χ1n) is 4.10. The number of rotatable bonds is 3. The van der Waals surface area contributed by atoms with Crippen LogP contribution in [-0.4, -0.2) is 9.59 Å². The van der Waals surface area contributed by atoms with Gasteiger partial charge in [-0.25, -0.2) is 0 Å². The Morgan fingerprint density at radius 1 is 1.36 bits per heavy atom. The first-order chi connectivity index (χ1) is 6.86. The zero-order chi connectivity index (χ0) is 9.80. The van der Waals surface area contributed by atoms with Crippen molar-refractivity contribution in [2.45, 2.75) is 6.54 Å². The maximum Gasteiger partial charge on any atom is 0.0946 e. The van der Waals surface area contributed by atoms with E-state index < -0.39 is 0 Å². The molecular formula is C9H8BrN3S. The van der Waals surface area contributed by atoms with Crippen LogP contribution in [0.5, 0.6) is 0 Å². The van der Waals surface area contributed by atoms with Crippen molar-refractivity contribution in [1.29, 1.82) is 0 Å². The van der Waals surface area contributed by atoms with Crippen LogP contribution in [0.3, 0.4) is 0 Å². The van der Waals surface area contributed by atoms with Crippen LogP contribution in [0.15, 0.2) is 34.1 Å². The third-order valence-electron chi connectivity index (χ3n) is 1.74. The van der Waals surface area contributed by atoms with Crippen molar-refractivity contribution in [1.82, 2.24) is 9.59 Å². The van der Waals surface area contributed by atoms with Crippen LogP contribution in [0.1, 0.15) is 5.69 Å². The summed E-state index contributed by atoms with van der Waals surface area (Å²) in [6.45, 7) is 0.707. The fourth-order valence-corrected chi connectivity index (χ4v) is 1.93. The Morgan fingerprint density at radius 3 is 2.93 bits per heavy atom. The average Bonchev–Trinajstić information content (AvgIpc) is 2.69. The van der Waals surface area contributed by atoms with Gasteiger partial charge in [-0.15, -0.1) is 5.10 Å². The Labute approximate surface area is 94.5 Å². The van der Waals surface area contributed by atoms with E-state index in [9.17, 15) is 0 Å². The molecule has 0 aliphatic carbocycles. The molecule has 0 aliphatic rings. The lowest BCUT2D eigenvalue weighted by Crippen LogP contribution is -2.00. The molecule has 0 fully saturated rings. The summed E-state index contributed by atoms with van der Waals surface area (Å²) < 4.78 is 4.86. The molecule has 0 unspecified atom stereocenters. The molecule has 72 valence electrons. The molecule has 0 bridgehead atoms. The molecule has 2 aromatic rings. The number of anilines is 1. The zero-order valence-electron chi connectivity index (χ0n) is 7.27. The van der Waals surface area contributed by atoms with Crippen LogP contribution >= 0.6 is 27.5 Å². The molecule has 1 heterocycles. The molecule has 5 heteroatoms.